The second-order valence-corrected chi connectivity index (χ2v) is 3.91. The molecule has 1 aromatic carbocycles. The number of nitrogens with one attached hydrogen (secondary N) is 1. The molecule has 2 rings (SSSR count). The molecule has 15 heavy (non-hydrogen) atoms. The summed E-state index contributed by atoms with van der Waals surface area (Å²) in [6, 6.07) is 5.11. The van der Waals surface area contributed by atoms with Crippen LogP contribution in [0.3, 0.4) is 0 Å². The first-order chi connectivity index (χ1) is 7.09. The zero-order chi connectivity index (χ0) is 11.0. The van der Waals surface area contributed by atoms with Crippen molar-refractivity contribution in [2.75, 3.05) is 0 Å². The van der Waals surface area contributed by atoms with E-state index in [0.29, 0.717) is 10.5 Å². The molecular formula is C11H11FN2S. The molecule has 0 saturated carbocycles. The van der Waals surface area contributed by atoms with Gasteiger partial charge in [0, 0.05) is 11.9 Å². The molecule has 0 aliphatic heterocycles. The minimum absolute atomic E-state index is 0.256. The van der Waals surface area contributed by atoms with Gasteiger partial charge < -0.3 is 4.98 Å². The van der Waals surface area contributed by atoms with Gasteiger partial charge in [0.2, 0.25) is 0 Å². The van der Waals surface area contributed by atoms with Crippen LogP contribution in [0.1, 0.15) is 11.3 Å². The molecule has 4 heteroatoms. The van der Waals surface area contributed by atoms with E-state index < -0.39 is 0 Å². The summed E-state index contributed by atoms with van der Waals surface area (Å²) in [5, 5.41) is 0. The van der Waals surface area contributed by atoms with E-state index in [0.717, 1.165) is 11.3 Å². The molecule has 0 unspecified atom stereocenters. The molecule has 0 spiro atoms. The monoisotopic (exact) mass is 222 g/mol. The third-order valence-electron chi connectivity index (χ3n) is 2.30. The van der Waals surface area contributed by atoms with E-state index >= 15 is 0 Å². The maximum Gasteiger partial charge on any atom is 0.182 e. The van der Waals surface area contributed by atoms with Crippen molar-refractivity contribution in [2.45, 2.75) is 13.8 Å². The lowest BCUT2D eigenvalue weighted by Gasteiger charge is -2.07. The Kier molecular flexibility index (Phi) is 2.44. The summed E-state index contributed by atoms with van der Waals surface area (Å²) in [5.74, 6) is -0.256. The van der Waals surface area contributed by atoms with E-state index in [1.807, 2.05) is 19.9 Å². The summed E-state index contributed by atoms with van der Waals surface area (Å²) in [5.41, 5.74) is 2.28. The lowest BCUT2D eigenvalue weighted by atomic mass is 10.2. The minimum atomic E-state index is -0.256. The average Bonchev–Trinajstić information content (AvgIpc) is 2.48. The van der Waals surface area contributed by atoms with E-state index in [4.69, 9.17) is 12.2 Å². The van der Waals surface area contributed by atoms with E-state index in [1.54, 1.807) is 16.8 Å². The number of imidazole rings is 1. The van der Waals surface area contributed by atoms with Gasteiger partial charge in [0.05, 0.1) is 5.69 Å². The van der Waals surface area contributed by atoms with Crippen molar-refractivity contribution < 1.29 is 4.39 Å². The van der Waals surface area contributed by atoms with Crippen LogP contribution in [0.2, 0.25) is 0 Å². The van der Waals surface area contributed by atoms with Crippen LogP contribution < -0.4 is 0 Å². The van der Waals surface area contributed by atoms with Gasteiger partial charge >= 0.3 is 0 Å². The molecule has 2 aromatic rings. The van der Waals surface area contributed by atoms with Crippen molar-refractivity contribution in [3.05, 3.63) is 46.2 Å². The van der Waals surface area contributed by atoms with Gasteiger partial charge in [0.25, 0.3) is 0 Å². The second-order valence-electron chi connectivity index (χ2n) is 3.53. The van der Waals surface area contributed by atoms with E-state index in [1.165, 1.54) is 6.07 Å². The van der Waals surface area contributed by atoms with E-state index in [2.05, 4.69) is 4.98 Å². The highest BCUT2D eigenvalue weighted by Gasteiger charge is 2.07. The van der Waals surface area contributed by atoms with E-state index in [-0.39, 0.29) is 5.82 Å². The molecule has 2 nitrogen and oxygen atoms in total. The third-order valence-corrected chi connectivity index (χ3v) is 2.60. The second kappa shape index (κ2) is 3.62. The highest BCUT2D eigenvalue weighted by Crippen LogP contribution is 2.17. The molecule has 0 radical (unpaired) electrons. The van der Waals surface area contributed by atoms with Crippen molar-refractivity contribution in [3.8, 4) is 5.69 Å². The summed E-state index contributed by atoms with van der Waals surface area (Å²) in [4.78, 5) is 2.89. The Balaban J connectivity index is 2.69. The molecule has 0 aliphatic carbocycles. The Morgan fingerprint density at radius 3 is 2.60 bits per heavy atom. The zero-order valence-corrected chi connectivity index (χ0v) is 9.36. The fraction of sp³-hybridized carbons (Fsp3) is 0.182. The average molecular weight is 222 g/mol. The number of hydrogen-bond donors (Lipinski definition) is 1. The molecule has 0 atom stereocenters. The van der Waals surface area contributed by atoms with Crippen molar-refractivity contribution >= 4 is 12.2 Å². The van der Waals surface area contributed by atoms with Crippen LogP contribution in [0.5, 0.6) is 0 Å². The number of H-pyrrole nitrogens is 1. The molecule has 0 aliphatic rings. The van der Waals surface area contributed by atoms with Gasteiger partial charge in [-0.1, -0.05) is 6.07 Å². The Bertz CT molecular complexity index is 554. The van der Waals surface area contributed by atoms with Crippen LogP contribution in [0.25, 0.3) is 5.69 Å². The molecule has 1 heterocycles. The first kappa shape index (κ1) is 10.1. The normalized spacial score (nSPS) is 10.6. The highest BCUT2D eigenvalue weighted by molar-refractivity contribution is 7.71. The SMILES string of the molecule is Cc1ccc(-n2c(C)c[nH]c2=S)c(F)c1. The molecule has 0 saturated heterocycles. The van der Waals surface area contributed by atoms with Gasteiger partial charge in [0.15, 0.2) is 4.77 Å². The topological polar surface area (TPSA) is 20.7 Å². The largest absolute Gasteiger partial charge is 0.337 e. The van der Waals surface area contributed by atoms with Gasteiger partial charge in [-0.15, -0.1) is 0 Å². The zero-order valence-electron chi connectivity index (χ0n) is 8.54. The number of benzene rings is 1. The van der Waals surface area contributed by atoms with Crippen LogP contribution in [-0.2, 0) is 0 Å². The third kappa shape index (κ3) is 1.72. The number of halogens is 1. The standard InChI is InChI=1S/C11H11FN2S/c1-7-3-4-10(9(12)5-7)14-8(2)6-13-11(14)15/h3-6H,1-2H3,(H,13,15). The molecule has 1 N–H and O–H groups in total. The summed E-state index contributed by atoms with van der Waals surface area (Å²) < 4.78 is 15.9. The summed E-state index contributed by atoms with van der Waals surface area (Å²) in [6.07, 6.45) is 1.77. The molecular weight excluding hydrogens is 211 g/mol. The van der Waals surface area contributed by atoms with Crippen LogP contribution >= 0.6 is 12.2 Å². The smallest absolute Gasteiger partial charge is 0.182 e. The van der Waals surface area contributed by atoms with Gasteiger partial charge in [-0.05, 0) is 43.8 Å². The molecule has 0 fully saturated rings. The maximum atomic E-state index is 13.7. The maximum absolute atomic E-state index is 13.7. The number of nitrogens with zero attached hydrogens (tertiary/aromatic N) is 1. The van der Waals surface area contributed by atoms with Crippen molar-refractivity contribution in [2.24, 2.45) is 0 Å². The molecule has 1 aromatic heterocycles. The molecule has 0 amide bonds. The summed E-state index contributed by atoms with van der Waals surface area (Å²) in [6.45, 7) is 3.74. The fourth-order valence-electron chi connectivity index (χ4n) is 1.55. The summed E-state index contributed by atoms with van der Waals surface area (Å²) in [7, 11) is 0. The Morgan fingerprint density at radius 1 is 1.33 bits per heavy atom. The predicted octanol–water partition coefficient (Wildman–Crippen LogP) is 3.29. The van der Waals surface area contributed by atoms with Crippen LogP contribution in [0.4, 0.5) is 4.39 Å². The molecule has 78 valence electrons. The van der Waals surface area contributed by atoms with Crippen molar-refractivity contribution in [3.63, 3.8) is 0 Å². The number of aromatic nitrogens is 2. The van der Waals surface area contributed by atoms with Gasteiger partial charge in [-0.2, -0.15) is 0 Å². The van der Waals surface area contributed by atoms with Gasteiger partial charge in [-0.3, -0.25) is 4.57 Å². The molecule has 0 bridgehead atoms. The first-order valence-corrected chi connectivity index (χ1v) is 5.04. The lowest BCUT2D eigenvalue weighted by molar-refractivity contribution is 0.615. The minimum Gasteiger partial charge on any atom is -0.337 e. The lowest BCUT2D eigenvalue weighted by Crippen LogP contribution is -2.00. The number of rotatable bonds is 1. The summed E-state index contributed by atoms with van der Waals surface area (Å²) >= 11 is 5.09. The number of aryl methyl sites for hydroxylation is 2. The Labute approximate surface area is 92.4 Å². The van der Waals surface area contributed by atoms with Crippen LogP contribution in [-0.4, -0.2) is 9.55 Å². The van der Waals surface area contributed by atoms with Crippen molar-refractivity contribution in [1.82, 2.24) is 9.55 Å². The predicted molar refractivity (Wildman–Crippen MR) is 60.4 cm³/mol. The fourth-order valence-corrected chi connectivity index (χ4v) is 1.85. The highest BCUT2D eigenvalue weighted by atomic mass is 32.1. The first-order valence-electron chi connectivity index (χ1n) is 4.63. The van der Waals surface area contributed by atoms with Crippen LogP contribution in [0.15, 0.2) is 24.4 Å². The van der Waals surface area contributed by atoms with Crippen LogP contribution in [0, 0.1) is 24.4 Å². The van der Waals surface area contributed by atoms with Gasteiger partial charge in [0.1, 0.15) is 5.82 Å². The quantitative estimate of drug-likeness (QED) is 0.734. The van der Waals surface area contributed by atoms with Crippen molar-refractivity contribution in [1.29, 1.82) is 0 Å². The number of aromatic amines is 1. The van der Waals surface area contributed by atoms with Gasteiger partial charge in [-0.25, -0.2) is 4.39 Å². The Morgan fingerprint density at radius 2 is 2.07 bits per heavy atom. The van der Waals surface area contributed by atoms with E-state index in [9.17, 15) is 4.39 Å². The number of hydrogen-bond acceptors (Lipinski definition) is 1. The Hall–Kier alpha value is -1.42.